The van der Waals surface area contributed by atoms with Crippen molar-refractivity contribution in [3.63, 3.8) is 0 Å². The van der Waals surface area contributed by atoms with Crippen LogP contribution in [0.1, 0.15) is 22.8 Å². The zero-order valence-electron chi connectivity index (χ0n) is 13.2. The van der Waals surface area contributed by atoms with Crippen molar-refractivity contribution in [3.8, 4) is 11.5 Å². The van der Waals surface area contributed by atoms with Gasteiger partial charge < -0.3 is 9.47 Å². The van der Waals surface area contributed by atoms with Crippen LogP contribution in [0.4, 0.5) is 0 Å². The number of carbonyl (C=O) groups is 1. The number of hydrazone groups is 1. The summed E-state index contributed by atoms with van der Waals surface area (Å²) < 4.78 is 10.7. The molecule has 0 aliphatic rings. The molecule has 24 heavy (non-hydrogen) atoms. The van der Waals surface area contributed by atoms with Gasteiger partial charge in [0.25, 0.3) is 5.91 Å². The maximum Gasteiger partial charge on any atom is 0.271 e. The lowest BCUT2D eigenvalue weighted by atomic mass is 10.2. The van der Waals surface area contributed by atoms with Crippen molar-refractivity contribution in [3.05, 3.63) is 57.6 Å². The summed E-state index contributed by atoms with van der Waals surface area (Å²) in [5, 5.41) is 4.62. The van der Waals surface area contributed by atoms with E-state index >= 15 is 0 Å². The zero-order valence-corrected chi connectivity index (χ0v) is 14.7. The van der Waals surface area contributed by atoms with Crippen molar-refractivity contribution in [2.75, 3.05) is 13.7 Å². The Hall–Kier alpha value is -2.24. The Kier molecular flexibility index (Phi) is 6.46. The van der Waals surface area contributed by atoms with Crippen LogP contribution >= 0.6 is 23.2 Å². The van der Waals surface area contributed by atoms with Crippen molar-refractivity contribution >= 4 is 35.3 Å². The molecule has 0 fully saturated rings. The van der Waals surface area contributed by atoms with Crippen molar-refractivity contribution in [1.82, 2.24) is 5.43 Å². The van der Waals surface area contributed by atoms with Crippen LogP contribution in [0.25, 0.3) is 0 Å². The van der Waals surface area contributed by atoms with Crippen LogP contribution in [0.2, 0.25) is 10.0 Å². The second-order valence-corrected chi connectivity index (χ2v) is 5.49. The van der Waals surface area contributed by atoms with Gasteiger partial charge in [-0.25, -0.2) is 5.43 Å². The van der Waals surface area contributed by atoms with E-state index < -0.39 is 0 Å². The molecule has 126 valence electrons. The summed E-state index contributed by atoms with van der Waals surface area (Å²) in [6.07, 6.45) is 1.51. The highest BCUT2D eigenvalue weighted by molar-refractivity contribution is 6.42. The number of hydrogen-bond acceptors (Lipinski definition) is 4. The molecule has 0 saturated carbocycles. The van der Waals surface area contributed by atoms with Gasteiger partial charge in [-0.15, -0.1) is 0 Å². The molecule has 0 radical (unpaired) electrons. The maximum atomic E-state index is 12.0. The van der Waals surface area contributed by atoms with Gasteiger partial charge >= 0.3 is 0 Å². The second-order valence-electron chi connectivity index (χ2n) is 4.67. The normalized spacial score (nSPS) is 10.7. The van der Waals surface area contributed by atoms with Crippen LogP contribution < -0.4 is 14.9 Å². The maximum absolute atomic E-state index is 12.0. The number of halogens is 2. The summed E-state index contributed by atoms with van der Waals surface area (Å²) in [5.74, 6) is 0.858. The third-order valence-electron chi connectivity index (χ3n) is 3.05. The van der Waals surface area contributed by atoms with Crippen LogP contribution in [0.3, 0.4) is 0 Å². The van der Waals surface area contributed by atoms with Gasteiger partial charge in [-0.3, -0.25) is 4.79 Å². The number of hydrogen-bond donors (Lipinski definition) is 1. The van der Waals surface area contributed by atoms with Gasteiger partial charge in [-0.2, -0.15) is 5.10 Å². The van der Waals surface area contributed by atoms with Crippen molar-refractivity contribution in [2.45, 2.75) is 6.92 Å². The molecule has 0 aliphatic carbocycles. The SMILES string of the molecule is CCOc1ccc(/C=N/NC(=O)c2ccc(Cl)c(Cl)c2)cc1OC. The quantitative estimate of drug-likeness (QED) is 0.616. The number of amides is 1. The monoisotopic (exact) mass is 366 g/mol. The Labute approximate surface area is 150 Å². The van der Waals surface area contributed by atoms with Gasteiger partial charge in [-0.1, -0.05) is 23.2 Å². The number of ether oxygens (including phenoxy) is 2. The number of nitrogens with one attached hydrogen (secondary N) is 1. The van der Waals surface area contributed by atoms with Crippen LogP contribution in [0.5, 0.6) is 11.5 Å². The molecule has 0 atom stereocenters. The molecule has 0 saturated heterocycles. The van der Waals surface area contributed by atoms with Crippen LogP contribution in [0.15, 0.2) is 41.5 Å². The van der Waals surface area contributed by atoms with E-state index in [2.05, 4.69) is 10.5 Å². The minimum Gasteiger partial charge on any atom is -0.493 e. The van der Waals surface area contributed by atoms with E-state index in [1.807, 2.05) is 13.0 Å². The van der Waals surface area contributed by atoms with E-state index in [-0.39, 0.29) is 5.91 Å². The first kappa shape index (κ1) is 18.1. The third-order valence-corrected chi connectivity index (χ3v) is 3.79. The lowest BCUT2D eigenvalue weighted by Crippen LogP contribution is -2.17. The van der Waals surface area contributed by atoms with Crippen LogP contribution in [-0.2, 0) is 0 Å². The first-order chi connectivity index (χ1) is 11.5. The highest BCUT2D eigenvalue weighted by Crippen LogP contribution is 2.27. The molecule has 0 aliphatic heterocycles. The van der Waals surface area contributed by atoms with Gasteiger partial charge in [0.1, 0.15) is 0 Å². The molecule has 1 amide bonds. The average Bonchev–Trinajstić information content (AvgIpc) is 2.58. The van der Waals surface area contributed by atoms with E-state index in [4.69, 9.17) is 32.7 Å². The molecule has 0 unspecified atom stereocenters. The lowest BCUT2D eigenvalue weighted by Gasteiger charge is -2.09. The van der Waals surface area contributed by atoms with Gasteiger partial charge in [0.15, 0.2) is 11.5 Å². The molecule has 0 bridgehead atoms. The first-order valence-electron chi connectivity index (χ1n) is 7.14. The van der Waals surface area contributed by atoms with E-state index in [1.54, 1.807) is 31.4 Å². The number of benzene rings is 2. The molecule has 7 heteroatoms. The van der Waals surface area contributed by atoms with Gasteiger partial charge in [0, 0.05) is 5.56 Å². The fourth-order valence-corrected chi connectivity index (χ4v) is 2.20. The highest BCUT2D eigenvalue weighted by Gasteiger charge is 2.07. The van der Waals surface area contributed by atoms with Crippen molar-refractivity contribution in [2.24, 2.45) is 5.10 Å². The van der Waals surface area contributed by atoms with Crippen LogP contribution in [-0.4, -0.2) is 25.8 Å². The second kappa shape index (κ2) is 8.57. The summed E-state index contributed by atoms with van der Waals surface area (Å²) in [6, 6.07) is 9.96. The summed E-state index contributed by atoms with van der Waals surface area (Å²) in [6.45, 7) is 2.44. The highest BCUT2D eigenvalue weighted by atomic mass is 35.5. The molecule has 2 aromatic carbocycles. The standard InChI is InChI=1S/C17H16Cl2N2O3/c1-3-24-15-7-4-11(8-16(15)23-2)10-20-21-17(22)12-5-6-13(18)14(19)9-12/h4-10H,3H2,1-2H3,(H,21,22)/b20-10+. The predicted octanol–water partition coefficient (Wildman–Crippen LogP) is 4.16. The first-order valence-corrected chi connectivity index (χ1v) is 7.90. The van der Waals surface area contributed by atoms with Gasteiger partial charge in [0.05, 0.1) is 30.0 Å². The summed E-state index contributed by atoms with van der Waals surface area (Å²) in [4.78, 5) is 12.0. The molecule has 0 spiro atoms. The Morgan fingerprint density at radius 2 is 1.96 bits per heavy atom. The van der Waals surface area contributed by atoms with Gasteiger partial charge in [-0.05, 0) is 48.9 Å². The van der Waals surface area contributed by atoms with E-state index in [0.717, 1.165) is 5.56 Å². The number of methoxy groups -OCH3 is 1. The minimum atomic E-state index is -0.386. The molecule has 0 aromatic heterocycles. The lowest BCUT2D eigenvalue weighted by molar-refractivity contribution is 0.0955. The molecular weight excluding hydrogens is 351 g/mol. The number of nitrogens with zero attached hydrogens (tertiary/aromatic N) is 1. The van der Waals surface area contributed by atoms with Gasteiger partial charge in [0.2, 0.25) is 0 Å². The summed E-state index contributed by atoms with van der Waals surface area (Å²) >= 11 is 11.7. The van der Waals surface area contributed by atoms with E-state index in [9.17, 15) is 4.79 Å². The molecule has 2 aromatic rings. The fraction of sp³-hybridized carbons (Fsp3) is 0.176. The Morgan fingerprint density at radius 3 is 2.62 bits per heavy atom. The fourth-order valence-electron chi connectivity index (χ4n) is 1.91. The van der Waals surface area contributed by atoms with Crippen molar-refractivity contribution < 1.29 is 14.3 Å². The molecular formula is C17H16Cl2N2O3. The van der Waals surface area contributed by atoms with Crippen molar-refractivity contribution in [1.29, 1.82) is 0 Å². The van der Waals surface area contributed by atoms with E-state index in [0.29, 0.717) is 33.7 Å². The molecule has 5 nitrogen and oxygen atoms in total. The largest absolute Gasteiger partial charge is 0.493 e. The molecule has 0 heterocycles. The number of carbonyl (C=O) groups excluding carboxylic acids is 1. The Balaban J connectivity index is 2.05. The Bertz CT molecular complexity index is 763. The topological polar surface area (TPSA) is 59.9 Å². The smallest absolute Gasteiger partial charge is 0.271 e. The van der Waals surface area contributed by atoms with Crippen LogP contribution in [0, 0.1) is 0 Å². The Morgan fingerprint density at radius 1 is 1.17 bits per heavy atom. The molecule has 1 N–H and O–H groups in total. The molecule has 2 rings (SSSR count). The summed E-state index contributed by atoms with van der Waals surface area (Å²) in [7, 11) is 1.56. The average molecular weight is 367 g/mol. The minimum absolute atomic E-state index is 0.310. The third kappa shape index (κ3) is 4.63. The zero-order chi connectivity index (χ0) is 17.5. The summed E-state index contributed by atoms with van der Waals surface area (Å²) in [5.41, 5.74) is 3.55. The predicted molar refractivity (Wildman–Crippen MR) is 95.7 cm³/mol. The van der Waals surface area contributed by atoms with E-state index in [1.165, 1.54) is 12.3 Å². The number of rotatable bonds is 6.